The van der Waals surface area contributed by atoms with E-state index in [-0.39, 0.29) is 29.7 Å². The Morgan fingerprint density at radius 3 is 1.84 bits per heavy atom. The van der Waals surface area contributed by atoms with Crippen molar-refractivity contribution in [3.8, 4) is 0 Å². The molecule has 0 bridgehead atoms. The molecule has 1 saturated carbocycles. The number of fused-ring (bicyclic) bond motifs is 1. The van der Waals surface area contributed by atoms with Crippen LogP contribution in [0.3, 0.4) is 0 Å². The Morgan fingerprint density at radius 1 is 0.841 bits per heavy atom. The van der Waals surface area contributed by atoms with Crippen LogP contribution in [0.4, 0.5) is 54.8 Å². The lowest BCUT2D eigenvalue weighted by atomic mass is 9.86. The standard InChI is InChI=1S/C29H29F9N2O4/c1-26(2,3)44-25(42)40-21-8-7-17(27(30,31)32)12-20(21)23(13-22(40)16-5-6-16)39(24(41)43-4)14-15-9-18(28(33,34)35)11-19(10-15)29(36,37)38/h7-12,16,22-23H,5-6,13-14H2,1-4H3/t22-,23-/m0/s1. The van der Waals surface area contributed by atoms with Gasteiger partial charge >= 0.3 is 30.7 Å². The summed E-state index contributed by atoms with van der Waals surface area (Å²) in [5.41, 5.74) is -6.18. The largest absolute Gasteiger partial charge is 0.453 e. The molecule has 2 aliphatic rings. The van der Waals surface area contributed by atoms with E-state index in [1.807, 2.05) is 0 Å². The molecule has 0 N–H and O–H groups in total. The Kier molecular flexibility index (Phi) is 8.59. The maximum absolute atomic E-state index is 13.8. The van der Waals surface area contributed by atoms with E-state index in [0.29, 0.717) is 31.0 Å². The maximum atomic E-state index is 13.8. The fourth-order valence-electron chi connectivity index (χ4n) is 5.31. The van der Waals surface area contributed by atoms with Gasteiger partial charge in [-0.3, -0.25) is 9.80 Å². The number of rotatable bonds is 4. The third-order valence-electron chi connectivity index (χ3n) is 7.31. The van der Waals surface area contributed by atoms with Crippen molar-refractivity contribution in [2.45, 2.75) is 82.8 Å². The lowest BCUT2D eigenvalue weighted by Gasteiger charge is -2.44. The van der Waals surface area contributed by atoms with Gasteiger partial charge in [-0.25, -0.2) is 9.59 Å². The van der Waals surface area contributed by atoms with Gasteiger partial charge in [0, 0.05) is 12.6 Å². The Balaban J connectivity index is 1.89. The zero-order valence-electron chi connectivity index (χ0n) is 24.0. The number of ether oxygens (including phenoxy) is 2. The monoisotopic (exact) mass is 640 g/mol. The van der Waals surface area contributed by atoms with Gasteiger partial charge in [0.1, 0.15) is 5.60 Å². The fraction of sp³-hybridized carbons (Fsp3) is 0.517. The second-order valence-corrected chi connectivity index (χ2v) is 11.8. The second-order valence-electron chi connectivity index (χ2n) is 11.8. The third-order valence-corrected chi connectivity index (χ3v) is 7.31. The van der Waals surface area contributed by atoms with Crippen molar-refractivity contribution in [1.82, 2.24) is 4.90 Å². The first-order valence-corrected chi connectivity index (χ1v) is 13.5. The minimum Gasteiger partial charge on any atom is -0.453 e. The molecule has 15 heteroatoms. The van der Waals surface area contributed by atoms with Gasteiger partial charge in [-0.2, -0.15) is 39.5 Å². The van der Waals surface area contributed by atoms with Crippen LogP contribution in [0.15, 0.2) is 36.4 Å². The normalized spacial score (nSPS) is 19.3. The quantitative estimate of drug-likeness (QED) is 0.313. The molecule has 0 unspecified atom stereocenters. The molecule has 2 atom stereocenters. The predicted octanol–water partition coefficient (Wildman–Crippen LogP) is 8.98. The highest BCUT2D eigenvalue weighted by molar-refractivity contribution is 5.91. The first-order valence-electron chi connectivity index (χ1n) is 13.5. The van der Waals surface area contributed by atoms with Crippen molar-refractivity contribution in [1.29, 1.82) is 0 Å². The highest BCUT2D eigenvalue weighted by Gasteiger charge is 2.48. The lowest BCUT2D eigenvalue weighted by Crippen LogP contribution is -2.51. The number of alkyl halides is 9. The molecule has 0 radical (unpaired) electrons. The molecule has 2 aromatic carbocycles. The maximum Gasteiger partial charge on any atom is 0.416 e. The number of hydrogen-bond donors (Lipinski definition) is 0. The highest BCUT2D eigenvalue weighted by Crippen LogP contribution is 2.50. The van der Waals surface area contributed by atoms with Crippen LogP contribution in [0.1, 0.15) is 73.9 Å². The summed E-state index contributed by atoms with van der Waals surface area (Å²) in [5.74, 6) is -0.148. The van der Waals surface area contributed by atoms with Crippen LogP contribution < -0.4 is 4.90 Å². The van der Waals surface area contributed by atoms with Crippen LogP contribution in [-0.2, 0) is 34.5 Å². The minimum absolute atomic E-state index is 0.0330. The molecule has 1 heterocycles. The van der Waals surface area contributed by atoms with Crippen molar-refractivity contribution >= 4 is 17.9 Å². The molecule has 4 rings (SSSR count). The van der Waals surface area contributed by atoms with Gasteiger partial charge in [-0.15, -0.1) is 0 Å². The first-order chi connectivity index (χ1) is 20.1. The van der Waals surface area contributed by atoms with Crippen LogP contribution in [0.25, 0.3) is 0 Å². The summed E-state index contributed by atoms with van der Waals surface area (Å²) in [6.07, 6.45) is -16.2. The topological polar surface area (TPSA) is 59.1 Å². The molecule has 0 spiro atoms. The molecule has 44 heavy (non-hydrogen) atoms. The number of hydrogen-bond acceptors (Lipinski definition) is 4. The number of benzene rings is 2. The van der Waals surface area contributed by atoms with Crippen LogP contribution >= 0.6 is 0 Å². The Morgan fingerprint density at radius 2 is 1.39 bits per heavy atom. The minimum atomic E-state index is -5.17. The number of halogens is 9. The molecule has 242 valence electrons. The van der Waals surface area contributed by atoms with Crippen molar-refractivity contribution in [2.75, 3.05) is 12.0 Å². The number of carbonyl (C=O) groups excluding carboxylic acids is 2. The summed E-state index contributed by atoms with van der Waals surface area (Å²) in [6.45, 7) is 3.92. The number of anilines is 1. The van der Waals surface area contributed by atoms with Crippen LogP contribution in [-0.4, -0.2) is 35.8 Å². The Labute approximate surface area is 246 Å². The van der Waals surface area contributed by atoms with Gasteiger partial charge in [0.2, 0.25) is 0 Å². The second kappa shape index (κ2) is 11.4. The van der Waals surface area contributed by atoms with E-state index in [9.17, 15) is 49.1 Å². The van der Waals surface area contributed by atoms with Gasteiger partial charge in [0.25, 0.3) is 0 Å². The van der Waals surface area contributed by atoms with Crippen molar-refractivity contribution in [3.05, 3.63) is 64.2 Å². The number of nitrogens with zero attached hydrogens (tertiary/aromatic N) is 2. The summed E-state index contributed by atoms with van der Waals surface area (Å²) in [4.78, 5) is 28.5. The molecular weight excluding hydrogens is 611 g/mol. The van der Waals surface area contributed by atoms with E-state index in [4.69, 9.17) is 9.47 Å². The third kappa shape index (κ3) is 7.34. The molecule has 2 amide bonds. The molecule has 1 aliphatic heterocycles. The van der Waals surface area contributed by atoms with E-state index in [0.717, 1.165) is 24.1 Å². The van der Waals surface area contributed by atoms with Crippen LogP contribution in [0.5, 0.6) is 0 Å². The zero-order valence-corrected chi connectivity index (χ0v) is 24.0. The molecule has 1 aliphatic carbocycles. The van der Waals surface area contributed by atoms with Gasteiger partial charge in [0.15, 0.2) is 0 Å². The molecule has 0 saturated heterocycles. The van der Waals surface area contributed by atoms with E-state index in [1.165, 1.54) is 4.90 Å². The summed E-state index contributed by atoms with van der Waals surface area (Å²) in [5, 5.41) is 0. The summed E-state index contributed by atoms with van der Waals surface area (Å²) >= 11 is 0. The average Bonchev–Trinajstić information content (AvgIpc) is 3.73. The fourth-order valence-corrected chi connectivity index (χ4v) is 5.31. The van der Waals surface area contributed by atoms with E-state index >= 15 is 0 Å². The van der Waals surface area contributed by atoms with Crippen LogP contribution in [0.2, 0.25) is 0 Å². The van der Waals surface area contributed by atoms with Gasteiger partial charge in [0.05, 0.1) is 35.5 Å². The van der Waals surface area contributed by atoms with Gasteiger partial charge in [-0.1, -0.05) is 0 Å². The Hall–Kier alpha value is -3.65. The van der Waals surface area contributed by atoms with E-state index in [1.54, 1.807) is 20.8 Å². The predicted molar refractivity (Wildman–Crippen MR) is 138 cm³/mol. The summed E-state index contributed by atoms with van der Waals surface area (Å²) in [6, 6.07) is 1.27. The van der Waals surface area contributed by atoms with Gasteiger partial charge in [-0.05, 0) is 93.5 Å². The molecule has 6 nitrogen and oxygen atoms in total. The Bertz CT molecular complexity index is 1380. The van der Waals surface area contributed by atoms with Crippen molar-refractivity contribution in [3.63, 3.8) is 0 Å². The van der Waals surface area contributed by atoms with Crippen molar-refractivity contribution in [2.24, 2.45) is 5.92 Å². The van der Waals surface area contributed by atoms with E-state index < -0.39 is 77.2 Å². The zero-order chi connectivity index (χ0) is 33.0. The SMILES string of the molecule is COC(=O)N(Cc1cc(C(F)(F)F)cc(C(F)(F)F)c1)[C@H]1C[C@@H](C2CC2)N(C(=O)OC(C)(C)C)c2ccc(C(F)(F)F)cc21. The summed E-state index contributed by atoms with van der Waals surface area (Å²) in [7, 11) is 0.920. The molecular formula is C29H29F9N2O4. The van der Waals surface area contributed by atoms with E-state index in [2.05, 4.69) is 0 Å². The number of carbonyl (C=O) groups is 2. The highest BCUT2D eigenvalue weighted by atomic mass is 19.4. The smallest absolute Gasteiger partial charge is 0.416 e. The molecule has 2 aromatic rings. The molecule has 1 fully saturated rings. The van der Waals surface area contributed by atoms with Gasteiger partial charge < -0.3 is 9.47 Å². The lowest BCUT2D eigenvalue weighted by molar-refractivity contribution is -0.143. The van der Waals surface area contributed by atoms with Crippen molar-refractivity contribution < 1.29 is 58.6 Å². The van der Waals surface area contributed by atoms with Crippen LogP contribution in [0, 0.1) is 5.92 Å². The summed E-state index contributed by atoms with van der Waals surface area (Å²) < 4.78 is 133. The number of amides is 2. The number of methoxy groups -OCH3 is 1. The molecule has 0 aromatic heterocycles. The average molecular weight is 641 g/mol. The first kappa shape index (κ1) is 33.2.